The maximum absolute atomic E-state index is 12.7. The maximum Gasteiger partial charge on any atom is 0.230 e. The second-order valence-corrected chi connectivity index (χ2v) is 9.16. The third-order valence-electron chi connectivity index (χ3n) is 5.72. The standard InChI is InChI=1S/C26H25N5OS/c1-18(19-9-11-21(12-10-19)20-6-3-2-4-7-20)28-24(32)17-33-26-30-29-25(31(26)23-13-14-23)22-8-5-15-27-16-22/h2-12,15-16,18,23H,13-14,17H2,1H3,(H,28,32). The summed E-state index contributed by atoms with van der Waals surface area (Å²) in [5.41, 5.74) is 4.37. The van der Waals surface area contributed by atoms with Crippen molar-refractivity contribution < 1.29 is 4.79 Å². The van der Waals surface area contributed by atoms with Gasteiger partial charge in [0.05, 0.1) is 11.8 Å². The number of hydrogen-bond acceptors (Lipinski definition) is 5. The normalized spacial score (nSPS) is 14.1. The number of pyridine rings is 1. The minimum absolute atomic E-state index is 0.0205. The summed E-state index contributed by atoms with van der Waals surface area (Å²) in [5.74, 6) is 1.10. The highest BCUT2D eigenvalue weighted by atomic mass is 32.2. The van der Waals surface area contributed by atoms with Crippen molar-refractivity contribution in [1.29, 1.82) is 0 Å². The molecular weight excluding hydrogens is 430 g/mol. The predicted octanol–water partition coefficient (Wildman–Crippen LogP) is 5.31. The average molecular weight is 456 g/mol. The minimum atomic E-state index is -0.0739. The summed E-state index contributed by atoms with van der Waals surface area (Å²) in [4.78, 5) is 16.9. The van der Waals surface area contributed by atoms with Crippen LogP contribution in [0.1, 0.15) is 37.4 Å². The van der Waals surface area contributed by atoms with Crippen molar-refractivity contribution in [3.63, 3.8) is 0 Å². The monoisotopic (exact) mass is 455 g/mol. The van der Waals surface area contributed by atoms with Gasteiger partial charge < -0.3 is 5.32 Å². The molecule has 1 N–H and O–H groups in total. The first-order chi connectivity index (χ1) is 16.2. The van der Waals surface area contributed by atoms with Gasteiger partial charge in [0.25, 0.3) is 0 Å². The first kappa shape index (κ1) is 21.4. The van der Waals surface area contributed by atoms with Crippen LogP contribution in [-0.2, 0) is 4.79 Å². The summed E-state index contributed by atoms with van der Waals surface area (Å²) in [6, 6.07) is 22.8. The number of hydrogen-bond donors (Lipinski definition) is 1. The molecular formula is C26H25N5OS. The molecule has 1 saturated carbocycles. The van der Waals surface area contributed by atoms with Crippen molar-refractivity contribution in [2.45, 2.75) is 37.0 Å². The van der Waals surface area contributed by atoms with Crippen LogP contribution in [0.3, 0.4) is 0 Å². The van der Waals surface area contributed by atoms with Gasteiger partial charge in [-0.3, -0.25) is 14.3 Å². The molecule has 1 amide bonds. The molecule has 4 aromatic rings. The Morgan fingerprint density at radius 1 is 1.00 bits per heavy atom. The van der Waals surface area contributed by atoms with Crippen LogP contribution in [0.4, 0.5) is 0 Å². The Bertz CT molecular complexity index is 1220. The van der Waals surface area contributed by atoms with Crippen LogP contribution in [-0.4, -0.2) is 31.4 Å². The van der Waals surface area contributed by atoms with Gasteiger partial charge in [0, 0.05) is 24.0 Å². The zero-order chi connectivity index (χ0) is 22.6. The number of amides is 1. The summed E-state index contributed by atoms with van der Waals surface area (Å²) >= 11 is 1.43. The topological polar surface area (TPSA) is 72.7 Å². The summed E-state index contributed by atoms with van der Waals surface area (Å²) in [6.07, 6.45) is 5.77. The Hall–Kier alpha value is -3.45. The fourth-order valence-electron chi connectivity index (χ4n) is 3.82. The molecule has 0 spiro atoms. The molecule has 1 fully saturated rings. The fourth-order valence-corrected chi connectivity index (χ4v) is 4.64. The quantitative estimate of drug-likeness (QED) is 0.365. The van der Waals surface area contributed by atoms with Gasteiger partial charge in [-0.15, -0.1) is 10.2 Å². The van der Waals surface area contributed by atoms with Crippen molar-refractivity contribution in [1.82, 2.24) is 25.1 Å². The van der Waals surface area contributed by atoms with E-state index < -0.39 is 0 Å². The molecule has 1 atom stereocenters. The number of rotatable bonds is 8. The SMILES string of the molecule is CC(NC(=O)CSc1nnc(-c2cccnc2)n1C1CC1)c1ccc(-c2ccccc2)cc1. The molecule has 1 unspecified atom stereocenters. The average Bonchev–Trinajstić information content (AvgIpc) is 3.62. The number of carbonyl (C=O) groups excluding carboxylic acids is 1. The smallest absolute Gasteiger partial charge is 0.230 e. The third kappa shape index (κ3) is 4.98. The van der Waals surface area contributed by atoms with Crippen molar-refractivity contribution in [2.24, 2.45) is 0 Å². The molecule has 0 bridgehead atoms. The van der Waals surface area contributed by atoms with Gasteiger partial charge in [-0.2, -0.15) is 0 Å². The molecule has 1 aliphatic carbocycles. The molecule has 0 radical (unpaired) electrons. The number of aromatic nitrogens is 4. The van der Waals surface area contributed by atoms with Gasteiger partial charge in [0.2, 0.25) is 5.91 Å². The first-order valence-electron chi connectivity index (χ1n) is 11.1. The van der Waals surface area contributed by atoms with Crippen LogP contribution in [0.5, 0.6) is 0 Å². The Labute approximate surface area is 197 Å². The van der Waals surface area contributed by atoms with Crippen molar-refractivity contribution in [2.75, 3.05) is 5.75 Å². The van der Waals surface area contributed by atoms with Crippen molar-refractivity contribution >= 4 is 17.7 Å². The highest BCUT2D eigenvalue weighted by Crippen LogP contribution is 2.40. The lowest BCUT2D eigenvalue weighted by Gasteiger charge is -2.15. The summed E-state index contributed by atoms with van der Waals surface area (Å²) in [7, 11) is 0. The van der Waals surface area contributed by atoms with Crippen LogP contribution in [0.25, 0.3) is 22.5 Å². The van der Waals surface area contributed by atoms with E-state index >= 15 is 0 Å². The van der Waals surface area contributed by atoms with E-state index in [0.29, 0.717) is 11.8 Å². The highest BCUT2D eigenvalue weighted by molar-refractivity contribution is 7.99. The van der Waals surface area contributed by atoms with E-state index in [-0.39, 0.29) is 11.9 Å². The van der Waals surface area contributed by atoms with Crippen molar-refractivity contribution in [3.05, 3.63) is 84.7 Å². The third-order valence-corrected chi connectivity index (χ3v) is 6.67. The summed E-state index contributed by atoms with van der Waals surface area (Å²) in [5, 5.41) is 12.6. The fraction of sp³-hybridized carbons (Fsp3) is 0.231. The molecule has 6 nitrogen and oxygen atoms in total. The molecule has 0 aliphatic heterocycles. The van der Waals surface area contributed by atoms with Crippen LogP contribution in [0.15, 0.2) is 84.3 Å². The second-order valence-electron chi connectivity index (χ2n) is 8.21. The molecule has 2 aromatic carbocycles. The largest absolute Gasteiger partial charge is 0.349 e. The van der Waals surface area contributed by atoms with E-state index in [1.165, 1.54) is 17.3 Å². The molecule has 2 aromatic heterocycles. The van der Waals surface area contributed by atoms with Gasteiger partial charge in [-0.05, 0) is 48.6 Å². The molecule has 1 aliphatic rings. The van der Waals surface area contributed by atoms with E-state index in [4.69, 9.17) is 0 Å². The summed E-state index contributed by atoms with van der Waals surface area (Å²) < 4.78 is 2.15. The van der Waals surface area contributed by atoms with Crippen molar-refractivity contribution in [3.8, 4) is 22.5 Å². The number of carbonyl (C=O) groups is 1. The van der Waals surface area contributed by atoms with Gasteiger partial charge in [-0.25, -0.2) is 0 Å². The lowest BCUT2D eigenvalue weighted by molar-refractivity contribution is -0.119. The van der Waals surface area contributed by atoms with E-state index in [9.17, 15) is 4.79 Å². The first-order valence-corrected chi connectivity index (χ1v) is 12.1. The van der Waals surface area contributed by atoms with E-state index in [1.807, 2.05) is 37.3 Å². The maximum atomic E-state index is 12.7. The summed E-state index contributed by atoms with van der Waals surface area (Å²) in [6.45, 7) is 2.01. The molecule has 0 saturated heterocycles. The van der Waals surface area contributed by atoms with Crippen LogP contribution >= 0.6 is 11.8 Å². The minimum Gasteiger partial charge on any atom is -0.349 e. The molecule has 166 valence electrons. The molecule has 5 rings (SSSR count). The van der Waals surface area contributed by atoms with Crippen LogP contribution < -0.4 is 5.32 Å². The lowest BCUT2D eigenvalue weighted by atomic mass is 10.0. The van der Waals surface area contributed by atoms with Gasteiger partial charge in [0.15, 0.2) is 11.0 Å². The molecule has 33 heavy (non-hydrogen) atoms. The van der Waals surface area contributed by atoms with E-state index in [1.54, 1.807) is 12.4 Å². The van der Waals surface area contributed by atoms with E-state index in [2.05, 4.69) is 61.5 Å². The second kappa shape index (κ2) is 9.58. The zero-order valence-corrected chi connectivity index (χ0v) is 19.2. The van der Waals surface area contributed by atoms with E-state index in [0.717, 1.165) is 40.5 Å². The molecule has 7 heteroatoms. The van der Waals surface area contributed by atoms with Gasteiger partial charge in [0.1, 0.15) is 0 Å². The predicted molar refractivity (Wildman–Crippen MR) is 131 cm³/mol. The van der Waals surface area contributed by atoms with Crippen LogP contribution in [0.2, 0.25) is 0 Å². The van der Waals surface area contributed by atoms with Gasteiger partial charge in [-0.1, -0.05) is 66.4 Å². The van der Waals surface area contributed by atoms with Crippen LogP contribution in [0, 0.1) is 0 Å². The number of nitrogens with one attached hydrogen (secondary N) is 1. The number of benzene rings is 2. The number of nitrogens with zero attached hydrogens (tertiary/aromatic N) is 4. The number of thioether (sulfide) groups is 1. The molecule has 2 heterocycles. The highest BCUT2D eigenvalue weighted by Gasteiger charge is 2.30. The Kier molecular flexibility index (Phi) is 6.21. The Morgan fingerprint density at radius 2 is 1.73 bits per heavy atom. The Morgan fingerprint density at radius 3 is 2.42 bits per heavy atom. The zero-order valence-electron chi connectivity index (χ0n) is 18.4. The van der Waals surface area contributed by atoms with Gasteiger partial charge >= 0.3 is 0 Å². The lowest BCUT2D eigenvalue weighted by Crippen LogP contribution is -2.28. The Balaban J connectivity index is 1.21.